The van der Waals surface area contributed by atoms with Crippen LogP contribution < -0.4 is 20.4 Å². The highest BCUT2D eigenvalue weighted by molar-refractivity contribution is 5.96. The van der Waals surface area contributed by atoms with Crippen molar-refractivity contribution in [2.24, 2.45) is 23.2 Å². The number of hydrogen-bond acceptors (Lipinski definition) is 13. The molecule has 0 radical (unpaired) electrons. The van der Waals surface area contributed by atoms with Crippen molar-refractivity contribution in [3.63, 3.8) is 0 Å². The summed E-state index contributed by atoms with van der Waals surface area (Å²) in [5.74, 6) is -2.43. The lowest BCUT2D eigenvalue weighted by molar-refractivity contribution is -0.155. The van der Waals surface area contributed by atoms with E-state index in [9.17, 15) is 19.2 Å². The van der Waals surface area contributed by atoms with Gasteiger partial charge in [0.05, 0.1) is 42.6 Å². The fourth-order valence-electron chi connectivity index (χ4n) is 12.9. The molecule has 18 nitrogen and oxygen atoms in total. The number of piperidine rings is 1. The molecule has 6 atom stereocenters. The Bertz CT molecular complexity index is 2990. The van der Waals surface area contributed by atoms with Gasteiger partial charge in [0.25, 0.3) is 5.91 Å². The summed E-state index contributed by atoms with van der Waals surface area (Å²) in [5, 5.41) is 5.61. The fourth-order valence-corrected chi connectivity index (χ4v) is 12.9. The largest absolute Gasteiger partial charge is 0.493 e. The van der Waals surface area contributed by atoms with Crippen molar-refractivity contribution in [1.29, 1.82) is 0 Å². The van der Waals surface area contributed by atoms with E-state index in [1.807, 2.05) is 59.9 Å². The molecule has 80 heavy (non-hydrogen) atoms. The predicted octanol–water partition coefficient (Wildman–Crippen LogP) is 7.78. The lowest BCUT2D eigenvalue weighted by Crippen LogP contribution is -2.62. The number of cyclic esters (lactones) is 1. The smallest absolute Gasteiger partial charge is 0.410 e. The van der Waals surface area contributed by atoms with Crippen molar-refractivity contribution in [2.75, 3.05) is 78.1 Å². The predicted molar refractivity (Wildman–Crippen MR) is 307 cm³/mol. The van der Waals surface area contributed by atoms with E-state index in [-0.39, 0.29) is 50.7 Å². The van der Waals surface area contributed by atoms with Gasteiger partial charge in [0.15, 0.2) is 0 Å². The van der Waals surface area contributed by atoms with Gasteiger partial charge in [-0.25, -0.2) is 10.2 Å². The number of hydrazine groups is 1. The highest BCUT2D eigenvalue weighted by Gasteiger charge is 2.44. The molecule has 4 aromatic rings. The number of likely N-dealkylation sites (N-methyl/N-ethyl adjacent to an activating group) is 1. The Morgan fingerprint density at radius 2 is 1.65 bits per heavy atom. The molecule has 0 spiro atoms. The minimum atomic E-state index is -1.10. The van der Waals surface area contributed by atoms with Gasteiger partial charge in [-0.2, -0.15) is 0 Å². The van der Waals surface area contributed by atoms with E-state index in [1.54, 1.807) is 19.1 Å². The summed E-state index contributed by atoms with van der Waals surface area (Å²) in [4.78, 5) is 86.2. The van der Waals surface area contributed by atoms with Gasteiger partial charge in [-0.05, 0) is 132 Å². The topological polar surface area (TPSA) is 180 Å². The number of fused-ring (bicyclic) bond motifs is 8. The summed E-state index contributed by atoms with van der Waals surface area (Å²) in [6.07, 6.45) is 5.73. The van der Waals surface area contributed by atoms with Gasteiger partial charge in [-0.3, -0.25) is 34.1 Å². The number of amides is 4. The van der Waals surface area contributed by atoms with E-state index in [0.29, 0.717) is 50.6 Å². The number of methoxy groups -OCH3 is 1. The lowest BCUT2D eigenvalue weighted by atomic mass is 9.84. The number of aryl methyl sites for hydroxylation is 1. The third-order valence-corrected chi connectivity index (χ3v) is 17.3. The van der Waals surface area contributed by atoms with Crippen LogP contribution in [0.2, 0.25) is 0 Å². The van der Waals surface area contributed by atoms with Gasteiger partial charge >= 0.3 is 12.1 Å². The van der Waals surface area contributed by atoms with Gasteiger partial charge < -0.3 is 43.5 Å². The third kappa shape index (κ3) is 12.0. The molecule has 18 heteroatoms. The first kappa shape index (κ1) is 57.0. The van der Waals surface area contributed by atoms with E-state index < -0.39 is 64.9 Å². The van der Waals surface area contributed by atoms with Gasteiger partial charge in [-0.15, -0.1) is 0 Å². The molecule has 432 valence electrons. The molecule has 5 aliphatic heterocycles. The molecule has 2 N–H and O–H groups in total. The maximum atomic E-state index is 15.0. The monoisotopic (exact) mass is 1100 g/mol. The Hall–Kier alpha value is -6.24. The van der Waals surface area contributed by atoms with Crippen LogP contribution in [0.4, 0.5) is 10.5 Å². The van der Waals surface area contributed by atoms with Crippen LogP contribution >= 0.6 is 0 Å². The number of pyridine rings is 1. The number of benzene rings is 2. The van der Waals surface area contributed by atoms with E-state index in [0.717, 1.165) is 82.0 Å². The first-order chi connectivity index (χ1) is 38.1. The molecule has 1 saturated carbocycles. The van der Waals surface area contributed by atoms with Crippen LogP contribution in [0.5, 0.6) is 5.75 Å². The number of aromatic nitrogens is 2. The fraction of sp³-hybridized carbons (Fsp3) is 0.613. The van der Waals surface area contributed by atoms with Crippen LogP contribution in [0, 0.1) is 23.2 Å². The van der Waals surface area contributed by atoms with E-state index in [1.165, 1.54) is 22.8 Å². The molecule has 3 saturated heterocycles. The summed E-state index contributed by atoms with van der Waals surface area (Å²) in [6, 6.07) is 12.7. The molecular formula is C62H85N9O9. The number of anilines is 1. The molecule has 6 aliphatic rings. The van der Waals surface area contributed by atoms with Crippen molar-refractivity contribution in [2.45, 2.75) is 150 Å². The lowest BCUT2D eigenvalue weighted by Gasteiger charge is -2.41. The Balaban J connectivity index is 1.14. The SMILES string of the molecule is CCn1c(-c2cc(N3CCN(C4CC4)CC3)cnc2[C@H](C)OC)c2c3cc(ccc31)-c1cc3cc(c1)OC[C@H]1CN(C(=O)OC(C)(C)C)CC[C@H]1C(=O)N(C)[C@@H](C(C)C)C(=O)N[C@@H](C3)C(=O)N1CCC[C@H](N1)C(=O)OCC(C)(C)C2. The highest BCUT2D eigenvalue weighted by Crippen LogP contribution is 2.44. The second-order valence-corrected chi connectivity index (χ2v) is 25.5. The second-order valence-electron chi connectivity index (χ2n) is 25.5. The molecule has 4 fully saturated rings. The standard InChI is InChI=1S/C62H85N9O9/c1-12-70-52-18-15-40-30-47(52)49(55(70)48-31-44(33-63-53(48)38(4)77-11)68-24-22-67(23-25-68)43-16-17-43)32-62(8,9)36-79-59(75)50-14-13-20-71(65-50)58(74)51-28-39-26-41(40)29-45(27-39)78-35-42-34-69(60(76)80-61(5,6)7)21-19-46(42)57(73)66(10)54(37(2)3)56(72)64-51/h15,18,26-27,29-31,33,37-38,42-43,46,50-51,54,65H,12-14,16-17,19-25,28,32,34-36H2,1-11H3,(H,64,72)/t38-,42+,46+,50-,51-,54-/m0/s1. The Morgan fingerprint density at radius 3 is 2.35 bits per heavy atom. The van der Waals surface area contributed by atoms with Crippen molar-refractivity contribution < 1.29 is 42.9 Å². The Labute approximate surface area is 472 Å². The number of rotatable bonds is 7. The first-order valence-electron chi connectivity index (χ1n) is 29.3. The number of esters is 1. The number of carbonyl (C=O) groups excluding carboxylic acids is 5. The number of hydrogen-bond donors (Lipinski definition) is 2. The minimum Gasteiger partial charge on any atom is -0.493 e. The van der Waals surface area contributed by atoms with Gasteiger partial charge in [-0.1, -0.05) is 39.8 Å². The summed E-state index contributed by atoms with van der Waals surface area (Å²) >= 11 is 0. The first-order valence-corrected chi connectivity index (χ1v) is 29.3. The molecule has 4 amide bonds. The van der Waals surface area contributed by atoms with Crippen molar-refractivity contribution >= 4 is 46.4 Å². The van der Waals surface area contributed by atoms with Crippen LogP contribution in [0.3, 0.4) is 0 Å². The van der Waals surface area contributed by atoms with E-state index in [2.05, 4.69) is 76.2 Å². The Kier molecular flexibility index (Phi) is 16.4. The average Bonchev–Trinajstić information content (AvgIpc) is 4.27. The number of piperazine rings is 1. The highest BCUT2D eigenvalue weighted by atomic mass is 16.6. The van der Waals surface area contributed by atoms with Crippen LogP contribution in [0.15, 0.2) is 48.7 Å². The quantitative estimate of drug-likeness (QED) is 0.172. The maximum Gasteiger partial charge on any atom is 0.410 e. The molecule has 8 bridgehead atoms. The zero-order valence-corrected chi connectivity index (χ0v) is 49.1. The van der Waals surface area contributed by atoms with Crippen LogP contribution in [0.25, 0.3) is 33.3 Å². The van der Waals surface area contributed by atoms with E-state index in [4.69, 9.17) is 23.9 Å². The van der Waals surface area contributed by atoms with Crippen LogP contribution in [-0.2, 0) is 52.8 Å². The van der Waals surface area contributed by atoms with Crippen LogP contribution in [0.1, 0.15) is 117 Å². The Morgan fingerprint density at radius 1 is 0.887 bits per heavy atom. The molecule has 0 unspecified atom stereocenters. The molecule has 10 rings (SSSR count). The van der Waals surface area contributed by atoms with E-state index >= 15 is 4.79 Å². The number of carbonyl (C=O) groups is 5. The summed E-state index contributed by atoms with van der Waals surface area (Å²) in [6.45, 7) is 23.3. The summed E-state index contributed by atoms with van der Waals surface area (Å²) in [7, 11) is 3.37. The molecular weight excluding hydrogens is 1010 g/mol. The molecule has 7 heterocycles. The molecule has 2 aromatic heterocycles. The van der Waals surface area contributed by atoms with Gasteiger partial charge in [0, 0.05) is 113 Å². The zero-order valence-electron chi connectivity index (χ0n) is 49.1. The van der Waals surface area contributed by atoms with Gasteiger partial charge in [0.2, 0.25) is 11.8 Å². The summed E-state index contributed by atoms with van der Waals surface area (Å²) < 4.78 is 27.4. The van der Waals surface area contributed by atoms with Crippen molar-refractivity contribution in [3.05, 3.63) is 65.5 Å². The third-order valence-electron chi connectivity index (χ3n) is 17.3. The average molecular weight is 1100 g/mol. The molecule has 2 aromatic carbocycles. The van der Waals surface area contributed by atoms with Crippen LogP contribution in [-0.4, -0.2) is 162 Å². The number of nitrogens with zero attached hydrogens (tertiary/aromatic N) is 7. The normalized spacial score (nSPS) is 25.0. The van der Waals surface area contributed by atoms with Gasteiger partial charge in [0.1, 0.15) is 29.5 Å². The number of ether oxygens (including phenoxy) is 4. The minimum absolute atomic E-state index is 0.0699. The molecule has 1 aliphatic carbocycles. The summed E-state index contributed by atoms with van der Waals surface area (Å²) in [5.41, 5.74) is 10.5. The second kappa shape index (κ2) is 23.0. The zero-order chi connectivity index (χ0) is 56.9. The number of nitrogens with one attached hydrogen (secondary N) is 2. The maximum absolute atomic E-state index is 15.0. The van der Waals surface area contributed by atoms with Crippen molar-refractivity contribution in [1.82, 2.24) is 40.0 Å². The number of likely N-dealkylation sites (tertiary alicyclic amines) is 1. The van der Waals surface area contributed by atoms with Crippen molar-refractivity contribution in [3.8, 4) is 28.1 Å².